The molecular weight excluding hydrogens is 430 g/mol. The van der Waals surface area contributed by atoms with Crippen LogP contribution in [0.3, 0.4) is 0 Å². The lowest BCUT2D eigenvalue weighted by molar-refractivity contribution is -0.292. The number of hydrogen-bond donors (Lipinski definition) is 0. The van der Waals surface area contributed by atoms with Crippen molar-refractivity contribution in [2.75, 3.05) is 98.8 Å². The highest BCUT2D eigenvalue weighted by atomic mass is 32.2. The molecule has 0 saturated carbocycles. The van der Waals surface area contributed by atoms with Crippen molar-refractivity contribution in [1.82, 2.24) is 9.80 Å². The zero-order chi connectivity index (χ0) is 23.9. The Labute approximate surface area is 201 Å². The fraction of sp³-hybridized carbons (Fsp3) is 0.957. The maximum atomic E-state index is 5.80. The van der Waals surface area contributed by atoms with Gasteiger partial charge in [0.1, 0.15) is 0 Å². The first-order valence-electron chi connectivity index (χ1n) is 11.9. The van der Waals surface area contributed by atoms with Crippen molar-refractivity contribution in [3.05, 3.63) is 0 Å². The van der Waals surface area contributed by atoms with Gasteiger partial charge in [0.2, 0.25) is 0 Å². The Kier molecular flexibility index (Phi) is 23.7. The van der Waals surface area contributed by atoms with Crippen molar-refractivity contribution in [3.8, 4) is 0 Å². The summed E-state index contributed by atoms with van der Waals surface area (Å²) in [4.78, 5) is 19.6. The second-order valence-corrected chi connectivity index (χ2v) is 8.99. The molecule has 0 bridgehead atoms. The van der Waals surface area contributed by atoms with Crippen LogP contribution in [0.5, 0.6) is 0 Å². The zero-order valence-corrected chi connectivity index (χ0v) is 22.3. The summed E-state index contributed by atoms with van der Waals surface area (Å²) >= 11 is 1.54. The second kappa shape index (κ2) is 23.9. The molecule has 0 fully saturated rings. The molecule has 0 saturated heterocycles. The van der Waals surface area contributed by atoms with Gasteiger partial charge in [-0.15, -0.1) is 0 Å². The molecule has 0 aliphatic heterocycles. The molecule has 9 heteroatoms. The summed E-state index contributed by atoms with van der Waals surface area (Å²) in [5.74, 6) is 1.64. The maximum Gasteiger partial charge on any atom is 0.0949 e. The van der Waals surface area contributed by atoms with Crippen molar-refractivity contribution in [3.63, 3.8) is 0 Å². The molecule has 0 N–H and O–H groups in total. The molecule has 8 nitrogen and oxygen atoms in total. The molecule has 32 heavy (non-hydrogen) atoms. The minimum absolute atomic E-state index is 0.546. The Balaban J connectivity index is 4.18. The van der Waals surface area contributed by atoms with Gasteiger partial charge in [-0.2, -0.15) is 0 Å². The molecule has 0 rings (SSSR count). The predicted molar refractivity (Wildman–Crippen MR) is 135 cm³/mol. The highest BCUT2D eigenvalue weighted by molar-refractivity contribution is 7.94. The van der Waals surface area contributed by atoms with E-state index in [0.717, 1.165) is 77.6 Å². The largest absolute Gasteiger partial charge is 0.383 e. The first kappa shape index (κ1) is 31.7. The van der Waals surface area contributed by atoms with Gasteiger partial charge in [0.25, 0.3) is 0 Å². The van der Waals surface area contributed by atoms with Crippen molar-refractivity contribution in [1.29, 1.82) is 0 Å². The Morgan fingerprint density at radius 3 is 2.00 bits per heavy atom. The minimum atomic E-state index is 0.546. The third-order valence-corrected chi connectivity index (χ3v) is 5.48. The highest BCUT2D eigenvalue weighted by Gasteiger charge is 2.10. The average molecular weight is 480 g/mol. The lowest BCUT2D eigenvalue weighted by Gasteiger charge is -2.27. The number of ether oxygens (including phenoxy) is 2. The summed E-state index contributed by atoms with van der Waals surface area (Å²) in [6, 6.07) is 0. The van der Waals surface area contributed by atoms with Gasteiger partial charge < -0.3 is 13.7 Å². The molecule has 192 valence electrons. The number of rotatable bonds is 24. The van der Waals surface area contributed by atoms with Crippen LogP contribution in [0.1, 0.15) is 40.5 Å². The molecule has 0 aromatic rings. The van der Waals surface area contributed by atoms with Gasteiger partial charge in [0.15, 0.2) is 0 Å². The van der Waals surface area contributed by atoms with E-state index in [9.17, 15) is 0 Å². The molecule has 0 atom stereocenters. The van der Waals surface area contributed by atoms with Crippen molar-refractivity contribution >= 4 is 17.8 Å². The molecule has 0 aromatic heterocycles. The summed E-state index contributed by atoms with van der Waals surface area (Å²) in [7, 11) is 3.47. The van der Waals surface area contributed by atoms with Gasteiger partial charge in [0, 0.05) is 71.5 Å². The zero-order valence-electron chi connectivity index (χ0n) is 21.5. The van der Waals surface area contributed by atoms with E-state index in [1.54, 1.807) is 26.3 Å². The van der Waals surface area contributed by atoms with E-state index in [1.165, 1.54) is 5.71 Å². The summed E-state index contributed by atoms with van der Waals surface area (Å²) in [6.07, 6.45) is 2.13. The van der Waals surface area contributed by atoms with Crippen LogP contribution in [-0.2, 0) is 23.4 Å². The number of aliphatic imine (C=N–C) groups is 1. The molecule has 0 unspecified atom stereocenters. The molecule has 0 aliphatic carbocycles. The SMILES string of the molecule is CCOOCCN(CCOSCCC/N=C(\C)CC(C)C)CCN(CCOC)CCOC. The van der Waals surface area contributed by atoms with Crippen molar-refractivity contribution in [2.24, 2.45) is 10.9 Å². The van der Waals surface area contributed by atoms with Crippen molar-refractivity contribution in [2.45, 2.75) is 40.5 Å². The van der Waals surface area contributed by atoms with Gasteiger partial charge in [-0.25, -0.2) is 9.78 Å². The van der Waals surface area contributed by atoms with E-state index in [1.807, 2.05) is 6.92 Å². The first-order valence-corrected chi connectivity index (χ1v) is 12.9. The molecule has 0 radical (unpaired) electrons. The Morgan fingerprint density at radius 1 is 0.844 bits per heavy atom. The molecular formula is C23H49N3O5S. The predicted octanol–water partition coefficient (Wildman–Crippen LogP) is 3.41. The smallest absolute Gasteiger partial charge is 0.0949 e. The lowest BCUT2D eigenvalue weighted by Crippen LogP contribution is -2.40. The molecule has 0 spiro atoms. The summed E-state index contributed by atoms with van der Waals surface area (Å²) in [5, 5.41) is 0. The van der Waals surface area contributed by atoms with Crippen LogP contribution in [0.4, 0.5) is 0 Å². The van der Waals surface area contributed by atoms with Crippen LogP contribution in [0.25, 0.3) is 0 Å². The Hall–Kier alpha value is -0.260. The van der Waals surface area contributed by atoms with Gasteiger partial charge in [-0.3, -0.25) is 14.8 Å². The topological polar surface area (TPSA) is 65.0 Å². The van der Waals surface area contributed by atoms with Crippen LogP contribution in [-0.4, -0.2) is 114 Å². The van der Waals surface area contributed by atoms with Crippen LogP contribution in [0.15, 0.2) is 4.99 Å². The van der Waals surface area contributed by atoms with Crippen LogP contribution in [0.2, 0.25) is 0 Å². The molecule has 0 aromatic carbocycles. The van der Waals surface area contributed by atoms with E-state index in [0.29, 0.717) is 25.7 Å². The van der Waals surface area contributed by atoms with Gasteiger partial charge >= 0.3 is 0 Å². The van der Waals surface area contributed by atoms with Crippen LogP contribution in [0, 0.1) is 5.92 Å². The molecule has 0 heterocycles. The third kappa shape index (κ3) is 21.6. The van der Waals surface area contributed by atoms with E-state index in [-0.39, 0.29) is 0 Å². The van der Waals surface area contributed by atoms with E-state index in [4.69, 9.17) is 23.4 Å². The fourth-order valence-corrected chi connectivity index (χ4v) is 3.59. The fourth-order valence-electron chi connectivity index (χ4n) is 3.04. The summed E-state index contributed by atoms with van der Waals surface area (Å²) < 4.78 is 16.3. The summed E-state index contributed by atoms with van der Waals surface area (Å²) in [5.41, 5.74) is 1.25. The summed E-state index contributed by atoms with van der Waals surface area (Å²) in [6.45, 7) is 18.0. The van der Waals surface area contributed by atoms with Gasteiger partial charge in [-0.05, 0) is 44.6 Å². The molecule has 0 aliphatic rings. The number of hydrogen-bond acceptors (Lipinski definition) is 9. The van der Waals surface area contributed by atoms with Crippen LogP contribution >= 0.6 is 12.0 Å². The normalized spacial score (nSPS) is 12.6. The average Bonchev–Trinajstić information content (AvgIpc) is 2.76. The van der Waals surface area contributed by atoms with E-state index in [2.05, 4.69) is 35.6 Å². The van der Waals surface area contributed by atoms with Gasteiger partial charge in [-0.1, -0.05) is 13.8 Å². The maximum absolute atomic E-state index is 5.80. The molecule has 0 amide bonds. The Bertz CT molecular complexity index is 422. The minimum Gasteiger partial charge on any atom is -0.383 e. The number of nitrogens with zero attached hydrogens (tertiary/aromatic N) is 3. The standard InChI is InChI=1S/C23H49N3O5S/c1-7-29-30-18-14-26(11-10-25(12-16-27-5)13-17-28-6)15-19-31-32-20-8-9-24-23(4)21-22(2)3/h22H,7-21H2,1-6H3/b24-23+. The first-order chi connectivity index (χ1) is 15.5. The van der Waals surface area contributed by atoms with Gasteiger partial charge in [0.05, 0.1) is 33.0 Å². The lowest BCUT2D eigenvalue weighted by atomic mass is 10.1. The highest BCUT2D eigenvalue weighted by Crippen LogP contribution is 2.06. The van der Waals surface area contributed by atoms with Crippen LogP contribution < -0.4 is 0 Å². The quantitative estimate of drug-likeness (QED) is 0.0686. The third-order valence-electron chi connectivity index (χ3n) is 4.69. The van der Waals surface area contributed by atoms with Crippen molar-refractivity contribution < 1.29 is 23.4 Å². The van der Waals surface area contributed by atoms with E-state index >= 15 is 0 Å². The monoisotopic (exact) mass is 479 g/mol. The van der Waals surface area contributed by atoms with E-state index < -0.39 is 0 Å². The second-order valence-electron chi connectivity index (χ2n) is 8.11. The Morgan fingerprint density at radius 2 is 1.44 bits per heavy atom. The number of methoxy groups -OCH3 is 2.